The van der Waals surface area contributed by atoms with Crippen LogP contribution in [0.25, 0.3) is 28.1 Å². The van der Waals surface area contributed by atoms with Crippen molar-refractivity contribution in [1.29, 1.82) is 0 Å². The lowest BCUT2D eigenvalue weighted by Gasteiger charge is -2.05. The van der Waals surface area contributed by atoms with Crippen LogP contribution in [0.5, 0.6) is 5.75 Å². The second kappa shape index (κ2) is 5.66. The molecule has 0 bridgehead atoms. The average molecular weight is 318 g/mol. The minimum absolute atomic E-state index is 0.215. The summed E-state index contributed by atoms with van der Waals surface area (Å²) in [5, 5.41) is 4.76. The molecule has 24 heavy (non-hydrogen) atoms. The third-order valence-corrected chi connectivity index (χ3v) is 3.80. The fourth-order valence-corrected chi connectivity index (χ4v) is 2.56. The molecule has 2 heterocycles. The largest absolute Gasteiger partial charge is 0.497 e. The number of benzene rings is 2. The maximum absolute atomic E-state index is 12.4. The Morgan fingerprint density at radius 3 is 2.50 bits per heavy atom. The highest BCUT2D eigenvalue weighted by molar-refractivity contribution is 5.77. The maximum Gasteiger partial charge on any atom is 0.262 e. The van der Waals surface area contributed by atoms with E-state index in [0.29, 0.717) is 16.9 Å². The Bertz CT molecular complexity index is 1050. The summed E-state index contributed by atoms with van der Waals surface area (Å²) in [6.07, 6.45) is 1.53. The van der Waals surface area contributed by atoms with Gasteiger partial charge in [-0.25, -0.2) is 9.67 Å². The Morgan fingerprint density at radius 2 is 1.79 bits per heavy atom. The van der Waals surface area contributed by atoms with Crippen LogP contribution in [0.2, 0.25) is 0 Å². The van der Waals surface area contributed by atoms with Crippen molar-refractivity contribution in [3.05, 3.63) is 71.1 Å². The van der Waals surface area contributed by atoms with E-state index in [2.05, 4.69) is 15.1 Å². The standard InChI is InChI=1S/C18H14N4O2/c1-24-14-9-7-12(8-10-14)16-20-17-15(18(23)21-16)11-19-22(17)13-5-3-2-4-6-13/h2-11H,1H3,(H,20,21,23). The summed E-state index contributed by atoms with van der Waals surface area (Å²) in [5.41, 5.74) is 1.96. The number of ether oxygens (including phenoxy) is 1. The molecule has 0 saturated carbocycles. The lowest BCUT2D eigenvalue weighted by atomic mass is 10.2. The lowest BCUT2D eigenvalue weighted by molar-refractivity contribution is 0.415. The molecule has 4 aromatic rings. The van der Waals surface area contributed by atoms with Crippen LogP contribution in [0.1, 0.15) is 0 Å². The summed E-state index contributed by atoms with van der Waals surface area (Å²) in [4.78, 5) is 19.8. The first kappa shape index (κ1) is 14.2. The molecule has 0 aliphatic carbocycles. The first-order valence-corrected chi connectivity index (χ1v) is 7.44. The monoisotopic (exact) mass is 318 g/mol. The van der Waals surface area contributed by atoms with E-state index in [4.69, 9.17) is 4.74 Å². The number of para-hydroxylation sites is 1. The van der Waals surface area contributed by atoms with Crippen LogP contribution < -0.4 is 10.3 Å². The molecule has 0 amide bonds. The molecule has 0 atom stereocenters. The highest BCUT2D eigenvalue weighted by Gasteiger charge is 2.12. The lowest BCUT2D eigenvalue weighted by Crippen LogP contribution is -2.10. The number of hydrogen-bond donors (Lipinski definition) is 1. The summed E-state index contributed by atoms with van der Waals surface area (Å²) in [6, 6.07) is 17.0. The van der Waals surface area contributed by atoms with Gasteiger partial charge in [-0.2, -0.15) is 5.10 Å². The van der Waals surface area contributed by atoms with Gasteiger partial charge in [-0.15, -0.1) is 0 Å². The third kappa shape index (κ3) is 2.34. The zero-order chi connectivity index (χ0) is 16.5. The number of hydrogen-bond acceptors (Lipinski definition) is 4. The van der Waals surface area contributed by atoms with Gasteiger partial charge >= 0.3 is 0 Å². The number of fused-ring (bicyclic) bond motifs is 1. The van der Waals surface area contributed by atoms with Crippen LogP contribution in [0, 0.1) is 0 Å². The van der Waals surface area contributed by atoms with E-state index in [0.717, 1.165) is 17.0 Å². The van der Waals surface area contributed by atoms with Crippen molar-refractivity contribution in [3.8, 4) is 22.8 Å². The molecule has 1 N–H and O–H groups in total. The summed E-state index contributed by atoms with van der Waals surface area (Å²) in [5.74, 6) is 1.24. The number of nitrogens with zero attached hydrogens (tertiary/aromatic N) is 3. The molecule has 4 rings (SSSR count). The van der Waals surface area contributed by atoms with Gasteiger partial charge in [0.15, 0.2) is 5.65 Å². The molecule has 6 heteroatoms. The van der Waals surface area contributed by atoms with E-state index in [1.807, 2.05) is 54.6 Å². The molecule has 0 spiro atoms. The molecule has 0 aliphatic heterocycles. The maximum atomic E-state index is 12.4. The van der Waals surface area contributed by atoms with Gasteiger partial charge in [0.1, 0.15) is 17.0 Å². The highest BCUT2D eigenvalue weighted by atomic mass is 16.5. The van der Waals surface area contributed by atoms with Crippen molar-refractivity contribution >= 4 is 11.0 Å². The Balaban J connectivity index is 1.90. The zero-order valence-electron chi connectivity index (χ0n) is 12.9. The predicted octanol–water partition coefficient (Wildman–Crippen LogP) is 2.78. The number of rotatable bonds is 3. The molecular formula is C18H14N4O2. The predicted molar refractivity (Wildman–Crippen MR) is 91.5 cm³/mol. The van der Waals surface area contributed by atoms with Crippen molar-refractivity contribution in [2.75, 3.05) is 7.11 Å². The summed E-state index contributed by atoms with van der Waals surface area (Å²) in [6.45, 7) is 0. The summed E-state index contributed by atoms with van der Waals surface area (Å²) >= 11 is 0. The van der Waals surface area contributed by atoms with Gasteiger partial charge in [-0.05, 0) is 36.4 Å². The minimum atomic E-state index is -0.215. The zero-order valence-corrected chi connectivity index (χ0v) is 12.9. The molecule has 118 valence electrons. The van der Waals surface area contributed by atoms with Crippen molar-refractivity contribution < 1.29 is 4.74 Å². The molecule has 6 nitrogen and oxygen atoms in total. The molecular weight excluding hydrogens is 304 g/mol. The average Bonchev–Trinajstić information content (AvgIpc) is 3.07. The quantitative estimate of drug-likeness (QED) is 0.630. The van der Waals surface area contributed by atoms with Crippen molar-refractivity contribution in [1.82, 2.24) is 19.7 Å². The van der Waals surface area contributed by atoms with E-state index in [1.54, 1.807) is 11.8 Å². The van der Waals surface area contributed by atoms with Gasteiger partial charge in [0, 0.05) is 5.56 Å². The topological polar surface area (TPSA) is 72.8 Å². The van der Waals surface area contributed by atoms with Gasteiger partial charge < -0.3 is 9.72 Å². The molecule has 0 unspecified atom stereocenters. The summed E-state index contributed by atoms with van der Waals surface area (Å²) < 4.78 is 6.82. The smallest absolute Gasteiger partial charge is 0.262 e. The van der Waals surface area contributed by atoms with E-state index < -0.39 is 0 Å². The van der Waals surface area contributed by atoms with Crippen LogP contribution in [0.15, 0.2) is 65.6 Å². The number of nitrogens with one attached hydrogen (secondary N) is 1. The van der Waals surface area contributed by atoms with E-state index >= 15 is 0 Å². The minimum Gasteiger partial charge on any atom is -0.497 e. The van der Waals surface area contributed by atoms with Crippen LogP contribution in [0.3, 0.4) is 0 Å². The van der Waals surface area contributed by atoms with Crippen molar-refractivity contribution in [2.45, 2.75) is 0 Å². The molecule has 2 aromatic heterocycles. The Hall–Kier alpha value is -3.41. The van der Waals surface area contributed by atoms with E-state index in [9.17, 15) is 4.79 Å². The molecule has 0 aliphatic rings. The second-order valence-electron chi connectivity index (χ2n) is 5.27. The van der Waals surface area contributed by atoms with Crippen LogP contribution >= 0.6 is 0 Å². The molecule has 2 aromatic carbocycles. The van der Waals surface area contributed by atoms with Gasteiger partial charge in [0.2, 0.25) is 0 Å². The number of aromatic nitrogens is 4. The Labute approximate surface area is 137 Å². The Morgan fingerprint density at radius 1 is 1.04 bits per heavy atom. The second-order valence-corrected chi connectivity index (χ2v) is 5.27. The first-order valence-electron chi connectivity index (χ1n) is 7.44. The molecule has 0 saturated heterocycles. The number of methoxy groups -OCH3 is 1. The van der Waals surface area contributed by atoms with E-state index in [1.165, 1.54) is 6.20 Å². The summed E-state index contributed by atoms with van der Waals surface area (Å²) in [7, 11) is 1.61. The first-order chi connectivity index (χ1) is 11.8. The third-order valence-electron chi connectivity index (χ3n) is 3.80. The van der Waals surface area contributed by atoms with Crippen LogP contribution in [-0.2, 0) is 0 Å². The van der Waals surface area contributed by atoms with Crippen molar-refractivity contribution in [3.63, 3.8) is 0 Å². The Kier molecular flexibility index (Phi) is 3.35. The normalized spacial score (nSPS) is 10.9. The van der Waals surface area contributed by atoms with Gasteiger partial charge in [0.25, 0.3) is 5.56 Å². The molecule has 0 radical (unpaired) electrons. The number of aromatic amines is 1. The van der Waals surface area contributed by atoms with Gasteiger partial charge in [0.05, 0.1) is 19.0 Å². The SMILES string of the molecule is COc1ccc(-c2nc3c(cnn3-c3ccccc3)c(=O)[nH]2)cc1. The van der Waals surface area contributed by atoms with Crippen molar-refractivity contribution in [2.24, 2.45) is 0 Å². The van der Waals surface area contributed by atoms with Gasteiger partial charge in [-0.3, -0.25) is 4.79 Å². The fourth-order valence-electron chi connectivity index (χ4n) is 2.56. The van der Waals surface area contributed by atoms with Gasteiger partial charge in [-0.1, -0.05) is 18.2 Å². The molecule has 0 fully saturated rings. The van der Waals surface area contributed by atoms with E-state index in [-0.39, 0.29) is 5.56 Å². The van der Waals surface area contributed by atoms with Crippen LogP contribution in [-0.4, -0.2) is 26.9 Å². The highest BCUT2D eigenvalue weighted by Crippen LogP contribution is 2.21. The number of H-pyrrole nitrogens is 1. The van der Waals surface area contributed by atoms with Crippen LogP contribution in [0.4, 0.5) is 0 Å². The fraction of sp³-hybridized carbons (Fsp3) is 0.0556.